The van der Waals surface area contributed by atoms with E-state index in [1.165, 1.54) is 6.07 Å². The van der Waals surface area contributed by atoms with Crippen molar-refractivity contribution in [3.8, 4) is 0 Å². The Morgan fingerprint density at radius 3 is 2.05 bits per heavy atom. The van der Waals surface area contributed by atoms with E-state index in [1.807, 2.05) is 0 Å². The van der Waals surface area contributed by atoms with Crippen LogP contribution in [0.25, 0.3) is 0 Å². The Hall–Kier alpha value is -4.45. The van der Waals surface area contributed by atoms with E-state index < -0.39 is 35.7 Å². The zero-order chi connectivity index (χ0) is 27.9. The van der Waals surface area contributed by atoms with E-state index >= 15 is 0 Å². The van der Waals surface area contributed by atoms with Crippen molar-refractivity contribution >= 4 is 35.3 Å². The predicted molar refractivity (Wildman–Crippen MR) is 146 cm³/mol. The van der Waals surface area contributed by atoms with Crippen molar-refractivity contribution < 1.29 is 19.2 Å². The van der Waals surface area contributed by atoms with Crippen LogP contribution in [-0.2, 0) is 9.59 Å². The second-order valence-corrected chi connectivity index (χ2v) is 8.59. The first kappa shape index (κ1) is 29.8. The van der Waals surface area contributed by atoms with Crippen molar-refractivity contribution in [1.29, 1.82) is 0 Å². The molecule has 0 aliphatic carbocycles. The number of guanidine groups is 1. The normalized spacial score (nSPS) is 12.0. The van der Waals surface area contributed by atoms with Crippen LogP contribution in [0.2, 0.25) is 0 Å². The molecule has 0 unspecified atom stereocenters. The first-order chi connectivity index (χ1) is 18.2. The number of amides is 4. The number of nitrogens with zero attached hydrogens (tertiary/aromatic N) is 1. The quantitative estimate of drug-likeness (QED) is 0.0972. The molecule has 2 aromatic carbocycles. The maximum atomic E-state index is 13.3. The van der Waals surface area contributed by atoms with E-state index in [9.17, 15) is 19.2 Å². The summed E-state index contributed by atoms with van der Waals surface area (Å²) in [5, 5.41) is 8.15. The van der Waals surface area contributed by atoms with E-state index in [-0.39, 0.29) is 30.2 Å². The number of anilines is 1. The fourth-order valence-electron chi connectivity index (χ4n) is 3.66. The van der Waals surface area contributed by atoms with Crippen LogP contribution in [0, 0.1) is 0 Å². The van der Waals surface area contributed by atoms with E-state index in [1.54, 1.807) is 48.5 Å². The lowest BCUT2D eigenvalue weighted by atomic mass is 10.0. The van der Waals surface area contributed by atoms with Gasteiger partial charge in [-0.3, -0.25) is 24.2 Å². The third kappa shape index (κ3) is 9.90. The molecule has 0 spiro atoms. The van der Waals surface area contributed by atoms with Gasteiger partial charge in [-0.15, -0.1) is 0 Å². The minimum absolute atomic E-state index is 0.0767. The van der Waals surface area contributed by atoms with Crippen molar-refractivity contribution in [2.24, 2.45) is 27.9 Å². The average molecular weight is 525 g/mol. The second-order valence-electron chi connectivity index (χ2n) is 8.59. The van der Waals surface area contributed by atoms with Gasteiger partial charge in [-0.1, -0.05) is 30.3 Å². The van der Waals surface area contributed by atoms with Gasteiger partial charge in [0.15, 0.2) is 5.96 Å². The Morgan fingerprint density at radius 2 is 1.39 bits per heavy atom. The van der Waals surface area contributed by atoms with Crippen LogP contribution in [0.4, 0.5) is 5.69 Å². The lowest BCUT2D eigenvalue weighted by molar-refractivity contribution is -0.128. The molecule has 2 atom stereocenters. The summed E-state index contributed by atoms with van der Waals surface area (Å²) in [5.74, 6) is -2.29. The van der Waals surface area contributed by atoms with Crippen LogP contribution in [0.5, 0.6) is 0 Å². The maximum Gasteiger partial charge on any atom is 0.251 e. The molecule has 0 heterocycles. The number of primary amides is 1. The lowest BCUT2D eigenvalue weighted by Crippen LogP contribution is -2.52. The van der Waals surface area contributed by atoms with Crippen molar-refractivity contribution in [2.75, 3.05) is 18.4 Å². The minimum Gasteiger partial charge on any atom is -0.370 e. The monoisotopic (exact) mass is 524 g/mol. The second kappa shape index (κ2) is 15.6. The van der Waals surface area contributed by atoms with E-state index in [0.717, 1.165) is 0 Å². The van der Waals surface area contributed by atoms with Gasteiger partial charge in [-0.25, -0.2) is 0 Å². The van der Waals surface area contributed by atoms with Crippen molar-refractivity contribution in [3.05, 3.63) is 65.7 Å². The maximum absolute atomic E-state index is 13.3. The number of rotatable bonds is 15. The van der Waals surface area contributed by atoms with Crippen LogP contribution < -0.4 is 38.9 Å². The van der Waals surface area contributed by atoms with Gasteiger partial charge in [0.2, 0.25) is 11.8 Å². The number of aliphatic imine (C=N–C) groups is 1. The van der Waals surface area contributed by atoms with Gasteiger partial charge in [0.1, 0.15) is 12.1 Å². The molecule has 0 saturated carbocycles. The molecule has 2 aromatic rings. The fraction of sp³-hybridized carbons (Fsp3) is 0.346. The lowest BCUT2D eigenvalue weighted by Gasteiger charge is -2.23. The molecule has 0 aliphatic heterocycles. The van der Waals surface area contributed by atoms with E-state index in [0.29, 0.717) is 37.8 Å². The van der Waals surface area contributed by atoms with Crippen LogP contribution >= 0.6 is 0 Å². The van der Waals surface area contributed by atoms with Gasteiger partial charge in [0, 0.05) is 12.1 Å². The number of para-hydroxylation sites is 1. The Bertz CT molecular complexity index is 1120. The van der Waals surface area contributed by atoms with Crippen LogP contribution in [0.3, 0.4) is 0 Å². The molecule has 4 amide bonds. The van der Waals surface area contributed by atoms with Crippen molar-refractivity contribution in [3.63, 3.8) is 0 Å². The summed E-state index contributed by atoms with van der Waals surface area (Å²) < 4.78 is 0. The molecule has 0 saturated heterocycles. The van der Waals surface area contributed by atoms with Gasteiger partial charge in [-0.05, 0) is 62.9 Å². The number of carbonyl (C=O) groups excluding carboxylic acids is 4. The summed E-state index contributed by atoms with van der Waals surface area (Å²) in [6.45, 7) is 0.685. The summed E-state index contributed by atoms with van der Waals surface area (Å²) in [4.78, 5) is 55.0. The standard InChI is InChI=1S/C26H36N8O4/c27-15-7-6-13-20(24(37)32-19-12-5-4-11-18(19)22(28)35)34-25(38)21(14-8-16-31-26(29)30)33-23(36)17-9-2-1-3-10-17/h1-5,9-12,20-21H,6-8,13-16,27H2,(H2,28,35)(H,32,37)(H,33,36)(H,34,38)(H4,29,30,31)/t20-,21-/m0/s1. The summed E-state index contributed by atoms with van der Waals surface area (Å²) in [6, 6.07) is 12.9. The number of hydrogen-bond acceptors (Lipinski definition) is 6. The zero-order valence-electron chi connectivity index (χ0n) is 21.2. The van der Waals surface area contributed by atoms with Crippen LogP contribution in [0.15, 0.2) is 59.6 Å². The van der Waals surface area contributed by atoms with E-state index in [2.05, 4.69) is 20.9 Å². The Kier molecular flexibility index (Phi) is 12.2. The van der Waals surface area contributed by atoms with Gasteiger partial charge < -0.3 is 38.9 Å². The number of carbonyl (C=O) groups is 4. The first-order valence-corrected chi connectivity index (χ1v) is 12.3. The topological polar surface area (TPSA) is 221 Å². The highest BCUT2D eigenvalue weighted by atomic mass is 16.2. The molecule has 0 radical (unpaired) electrons. The van der Waals surface area contributed by atoms with E-state index in [4.69, 9.17) is 22.9 Å². The number of benzene rings is 2. The minimum atomic E-state index is -0.959. The molecule has 0 aliphatic rings. The molecule has 0 bridgehead atoms. The Balaban J connectivity index is 2.20. The molecule has 12 heteroatoms. The molecular formula is C26H36N8O4. The average Bonchev–Trinajstić information content (AvgIpc) is 2.90. The summed E-state index contributed by atoms with van der Waals surface area (Å²) in [5.41, 5.74) is 22.5. The van der Waals surface area contributed by atoms with Gasteiger partial charge in [-0.2, -0.15) is 0 Å². The van der Waals surface area contributed by atoms with Gasteiger partial charge in [0.05, 0.1) is 11.3 Å². The van der Waals surface area contributed by atoms with Crippen LogP contribution in [0.1, 0.15) is 52.8 Å². The van der Waals surface area contributed by atoms with Crippen molar-refractivity contribution in [1.82, 2.24) is 10.6 Å². The molecule has 204 valence electrons. The molecule has 2 rings (SSSR count). The third-order valence-electron chi connectivity index (χ3n) is 5.63. The highest BCUT2D eigenvalue weighted by Gasteiger charge is 2.27. The largest absolute Gasteiger partial charge is 0.370 e. The van der Waals surface area contributed by atoms with Gasteiger partial charge in [0.25, 0.3) is 11.8 Å². The summed E-state index contributed by atoms with van der Waals surface area (Å²) in [6.07, 6.45) is 2.13. The highest BCUT2D eigenvalue weighted by molar-refractivity contribution is 6.05. The summed E-state index contributed by atoms with van der Waals surface area (Å²) >= 11 is 0. The number of nitrogens with one attached hydrogen (secondary N) is 3. The molecule has 0 aromatic heterocycles. The molecule has 12 nitrogen and oxygen atoms in total. The zero-order valence-corrected chi connectivity index (χ0v) is 21.2. The smallest absolute Gasteiger partial charge is 0.251 e. The molecule has 11 N–H and O–H groups in total. The SMILES string of the molecule is NCCCC[C@H](NC(=O)[C@H](CCCN=C(N)N)NC(=O)c1ccccc1)C(=O)Nc1ccccc1C(N)=O. The van der Waals surface area contributed by atoms with Crippen molar-refractivity contribution in [2.45, 2.75) is 44.2 Å². The third-order valence-corrected chi connectivity index (χ3v) is 5.63. The number of hydrogen-bond donors (Lipinski definition) is 7. The molecule has 0 fully saturated rings. The summed E-state index contributed by atoms with van der Waals surface area (Å²) in [7, 11) is 0. The first-order valence-electron chi connectivity index (χ1n) is 12.3. The molecule has 38 heavy (non-hydrogen) atoms. The fourth-order valence-corrected chi connectivity index (χ4v) is 3.66. The number of unbranched alkanes of at least 4 members (excludes halogenated alkanes) is 1. The molecular weight excluding hydrogens is 488 g/mol. The highest BCUT2D eigenvalue weighted by Crippen LogP contribution is 2.16. The Morgan fingerprint density at radius 1 is 0.763 bits per heavy atom. The predicted octanol–water partition coefficient (Wildman–Crippen LogP) is 0.190. The van der Waals surface area contributed by atoms with Crippen LogP contribution in [-0.4, -0.2) is 54.8 Å². The number of nitrogens with two attached hydrogens (primary N) is 4. The Labute approximate surface area is 221 Å². The van der Waals surface area contributed by atoms with Gasteiger partial charge >= 0.3 is 0 Å².